The Labute approximate surface area is 118 Å². The van der Waals surface area contributed by atoms with Gasteiger partial charge in [0.2, 0.25) is 0 Å². The van der Waals surface area contributed by atoms with E-state index in [-0.39, 0.29) is 5.92 Å². The number of imidazole rings is 1. The zero-order valence-electron chi connectivity index (χ0n) is 12.2. The van der Waals surface area contributed by atoms with Gasteiger partial charge in [-0.25, -0.2) is 9.66 Å². The van der Waals surface area contributed by atoms with E-state index in [4.69, 9.17) is 21.1 Å². The Morgan fingerprint density at radius 1 is 1.20 bits per heavy atom. The number of methoxy groups -OCH3 is 2. The predicted octanol–water partition coefficient (Wildman–Crippen LogP) is 1.99. The van der Waals surface area contributed by atoms with Crippen molar-refractivity contribution in [3.63, 3.8) is 0 Å². The molecule has 0 saturated heterocycles. The number of nitrogens with two attached hydrogens (primary N) is 2. The molecule has 0 saturated carbocycles. The van der Waals surface area contributed by atoms with E-state index in [0.717, 1.165) is 11.4 Å². The zero-order chi connectivity index (χ0) is 14.9. The normalized spacial score (nSPS) is 10.8. The molecule has 1 aromatic carbocycles. The Kier molecular flexibility index (Phi) is 3.74. The van der Waals surface area contributed by atoms with Gasteiger partial charge < -0.3 is 21.1 Å². The minimum Gasteiger partial charge on any atom is -0.497 e. The molecule has 2 rings (SSSR count). The topological polar surface area (TPSA) is 88.3 Å². The summed E-state index contributed by atoms with van der Waals surface area (Å²) in [6.07, 6.45) is 0. The van der Waals surface area contributed by atoms with Crippen molar-refractivity contribution >= 4 is 5.82 Å². The molecule has 0 bridgehead atoms. The van der Waals surface area contributed by atoms with Crippen LogP contribution in [0.15, 0.2) is 18.2 Å². The number of nitrogens with zero attached hydrogens (tertiary/aromatic N) is 2. The van der Waals surface area contributed by atoms with E-state index in [1.165, 1.54) is 4.68 Å². The van der Waals surface area contributed by atoms with E-state index < -0.39 is 0 Å². The quantitative estimate of drug-likeness (QED) is 0.834. The zero-order valence-corrected chi connectivity index (χ0v) is 12.2. The SMILES string of the molecule is COc1ccc(OC)c(-c2nc(C(C)C)n(N)c2N)c1. The number of anilines is 1. The second-order valence-electron chi connectivity index (χ2n) is 4.79. The van der Waals surface area contributed by atoms with Crippen LogP contribution in [-0.2, 0) is 0 Å². The molecule has 0 amide bonds. The molecule has 108 valence electrons. The Morgan fingerprint density at radius 3 is 2.40 bits per heavy atom. The van der Waals surface area contributed by atoms with Crippen LogP contribution in [0.25, 0.3) is 11.3 Å². The summed E-state index contributed by atoms with van der Waals surface area (Å²) in [5.41, 5.74) is 7.43. The second-order valence-corrected chi connectivity index (χ2v) is 4.79. The first-order valence-electron chi connectivity index (χ1n) is 6.35. The molecule has 1 heterocycles. The maximum absolute atomic E-state index is 6.07. The molecule has 1 aromatic heterocycles. The van der Waals surface area contributed by atoms with Crippen LogP contribution in [0, 0.1) is 0 Å². The number of rotatable bonds is 4. The molecule has 6 nitrogen and oxygen atoms in total. The average Bonchev–Trinajstić information content (AvgIpc) is 2.74. The van der Waals surface area contributed by atoms with Crippen LogP contribution in [0.2, 0.25) is 0 Å². The van der Waals surface area contributed by atoms with Crippen molar-refractivity contribution in [3.8, 4) is 22.8 Å². The van der Waals surface area contributed by atoms with Gasteiger partial charge in [-0.1, -0.05) is 13.8 Å². The van der Waals surface area contributed by atoms with E-state index in [1.54, 1.807) is 14.2 Å². The first-order valence-corrected chi connectivity index (χ1v) is 6.35. The third-order valence-corrected chi connectivity index (χ3v) is 3.15. The fourth-order valence-corrected chi connectivity index (χ4v) is 2.07. The highest BCUT2D eigenvalue weighted by Gasteiger charge is 2.20. The third kappa shape index (κ3) is 2.24. The van der Waals surface area contributed by atoms with Gasteiger partial charge in [0.1, 0.15) is 23.0 Å². The molecular formula is C14H20N4O2. The molecule has 6 heteroatoms. The molecule has 0 aliphatic rings. The van der Waals surface area contributed by atoms with Gasteiger partial charge in [-0.3, -0.25) is 0 Å². The summed E-state index contributed by atoms with van der Waals surface area (Å²) in [5, 5.41) is 0. The molecule has 0 radical (unpaired) electrons. The summed E-state index contributed by atoms with van der Waals surface area (Å²) < 4.78 is 12.0. The lowest BCUT2D eigenvalue weighted by molar-refractivity contribution is 0.404. The van der Waals surface area contributed by atoms with Crippen molar-refractivity contribution in [1.82, 2.24) is 9.66 Å². The number of benzene rings is 1. The number of aromatic nitrogens is 2. The summed E-state index contributed by atoms with van der Waals surface area (Å²) in [6, 6.07) is 5.47. The summed E-state index contributed by atoms with van der Waals surface area (Å²) in [6.45, 7) is 4.02. The Hall–Kier alpha value is -2.37. The first kappa shape index (κ1) is 14.0. The van der Waals surface area contributed by atoms with E-state index in [1.807, 2.05) is 32.0 Å². The van der Waals surface area contributed by atoms with Crippen LogP contribution >= 0.6 is 0 Å². The van der Waals surface area contributed by atoms with Crippen LogP contribution in [0.1, 0.15) is 25.6 Å². The number of nitrogen functional groups attached to an aromatic ring is 2. The van der Waals surface area contributed by atoms with Crippen molar-refractivity contribution in [1.29, 1.82) is 0 Å². The molecule has 0 aliphatic carbocycles. The molecule has 4 N–H and O–H groups in total. The fourth-order valence-electron chi connectivity index (χ4n) is 2.07. The highest BCUT2D eigenvalue weighted by atomic mass is 16.5. The molecule has 0 atom stereocenters. The highest BCUT2D eigenvalue weighted by Crippen LogP contribution is 2.36. The van der Waals surface area contributed by atoms with Gasteiger partial charge >= 0.3 is 0 Å². The second kappa shape index (κ2) is 5.32. The van der Waals surface area contributed by atoms with Gasteiger partial charge in [-0.2, -0.15) is 0 Å². The van der Waals surface area contributed by atoms with Crippen LogP contribution in [0.4, 0.5) is 5.82 Å². The number of hydrogen-bond donors (Lipinski definition) is 2. The Balaban J connectivity index is 2.64. The van der Waals surface area contributed by atoms with Gasteiger partial charge in [-0.05, 0) is 18.2 Å². The largest absolute Gasteiger partial charge is 0.497 e. The van der Waals surface area contributed by atoms with Crippen molar-refractivity contribution in [2.24, 2.45) is 0 Å². The lowest BCUT2D eigenvalue weighted by Gasteiger charge is -2.09. The van der Waals surface area contributed by atoms with Crippen LogP contribution in [0.3, 0.4) is 0 Å². The highest BCUT2D eigenvalue weighted by molar-refractivity contribution is 5.77. The molecule has 20 heavy (non-hydrogen) atoms. The van der Waals surface area contributed by atoms with E-state index in [2.05, 4.69) is 4.98 Å². The van der Waals surface area contributed by atoms with Gasteiger partial charge in [0.15, 0.2) is 5.82 Å². The van der Waals surface area contributed by atoms with Crippen molar-refractivity contribution in [2.75, 3.05) is 25.8 Å². The van der Waals surface area contributed by atoms with Gasteiger partial charge in [0, 0.05) is 11.5 Å². The molecule has 0 fully saturated rings. The molecular weight excluding hydrogens is 256 g/mol. The van der Waals surface area contributed by atoms with Crippen LogP contribution in [0.5, 0.6) is 11.5 Å². The van der Waals surface area contributed by atoms with E-state index in [9.17, 15) is 0 Å². The average molecular weight is 276 g/mol. The smallest absolute Gasteiger partial charge is 0.151 e. The minimum absolute atomic E-state index is 0.174. The van der Waals surface area contributed by atoms with Gasteiger partial charge in [-0.15, -0.1) is 0 Å². The number of hydrogen-bond acceptors (Lipinski definition) is 5. The lowest BCUT2D eigenvalue weighted by atomic mass is 10.1. The third-order valence-electron chi connectivity index (χ3n) is 3.15. The predicted molar refractivity (Wildman–Crippen MR) is 79.4 cm³/mol. The lowest BCUT2D eigenvalue weighted by Crippen LogP contribution is -2.16. The maximum atomic E-state index is 6.07. The maximum Gasteiger partial charge on any atom is 0.151 e. The number of ether oxygens (including phenoxy) is 2. The first-order chi connectivity index (χ1) is 9.49. The monoisotopic (exact) mass is 276 g/mol. The molecule has 0 aliphatic heterocycles. The molecule has 0 spiro atoms. The molecule has 0 unspecified atom stereocenters. The van der Waals surface area contributed by atoms with E-state index >= 15 is 0 Å². The van der Waals surface area contributed by atoms with Crippen LogP contribution in [-0.4, -0.2) is 23.9 Å². The molecule has 2 aromatic rings. The van der Waals surface area contributed by atoms with Crippen molar-refractivity contribution in [3.05, 3.63) is 24.0 Å². The van der Waals surface area contributed by atoms with Crippen molar-refractivity contribution in [2.45, 2.75) is 19.8 Å². The van der Waals surface area contributed by atoms with Gasteiger partial charge in [0.25, 0.3) is 0 Å². The summed E-state index contributed by atoms with van der Waals surface area (Å²) in [5.74, 6) is 8.64. The minimum atomic E-state index is 0.174. The summed E-state index contributed by atoms with van der Waals surface area (Å²) in [4.78, 5) is 4.54. The standard InChI is InChI=1S/C14H20N4O2/c1-8(2)14-17-12(13(15)18(14)16)10-7-9(19-3)5-6-11(10)20-4/h5-8H,15-16H2,1-4H3. The summed E-state index contributed by atoms with van der Waals surface area (Å²) >= 11 is 0. The van der Waals surface area contributed by atoms with Crippen molar-refractivity contribution < 1.29 is 9.47 Å². The fraction of sp³-hybridized carbons (Fsp3) is 0.357. The Bertz CT molecular complexity index is 620. The van der Waals surface area contributed by atoms with E-state index in [0.29, 0.717) is 23.0 Å². The van der Waals surface area contributed by atoms with Crippen LogP contribution < -0.4 is 21.1 Å². The summed E-state index contributed by atoms with van der Waals surface area (Å²) in [7, 11) is 3.21. The van der Waals surface area contributed by atoms with Gasteiger partial charge in [0.05, 0.1) is 14.2 Å². The Morgan fingerprint density at radius 2 is 1.90 bits per heavy atom.